The lowest BCUT2D eigenvalue weighted by atomic mass is 9.99. The number of aromatic hydroxyl groups is 1. The standard InChI is InChI=1S/C42H66O18/c1-19-27(44)11-13-33(49-19)57-31-18-38(52-22(4)39(31)47)60-42-24(6)53-35(15-29(42)46)56-30-12-14-34(50-20(30)2)59-41-23(5)54-36(16-28(41)45)58-32-17-37(51-21(3)40(32)48)55-26-9-7-25(43)8-10-26/h7-10,19-24,27-48H,11-18H2,1-6H3/t19-,20-,21+,22+,23+,24+,27-,28+,29+,30-,31+,32+,33-,34-,35-,36-,37-,38-,39+,40+,41+,42+/m0/s1. The van der Waals surface area contributed by atoms with Gasteiger partial charge >= 0.3 is 0 Å². The fraction of sp³-hybridized carbons (Fsp3) is 0.857. The lowest BCUT2D eigenvalue weighted by molar-refractivity contribution is -0.341. The highest BCUT2D eigenvalue weighted by Crippen LogP contribution is 2.36. The van der Waals surface area contributed by atoms with E-state index < -0.39 is 123 Å². The Labute approximate surface area is 351 Å². The first kappa shape index (κ1) is 46.2. The number of hydrogen-bond acceptors (Lipinski definition) is 18. The maximum Gasteiger partial charge on any atom is 0.202 e. The Hall–Kier alpha value is -1.82. The summed E-state index contributed by atoms with van der Waals surface area (Å²) < 4.78 is 73.2. The smallest absolute Gasteiger partial charge is 0.202 e. The molecule has 18 heteroatoms. The Morgan fingerprint density at radius 1 is 0.417 bits per heavy atom. The summed E-state index contributed by atoms with van der Waals surface area (Å²) in [5.74, 6) is 0.612. The molecule has 0 bridgehead atoms. The molecular weight excluding hydrogens is 792 g/mol. The van der Waals surface area contributed by atoms with Gasteiger partial charge in [0.1, 0.15) is 35.9 Å². The number of benzene rings is 1. The molecule has 0 radical (unpaired) electrons. The predicted octanol–water partition coefficient (Wildman–Crippen LogP) is 2.09. The first-order valence-electron chi connectivity index (χ1n) is 21.7. The van der Waals surface area contributed by atoms with Crippen LogP contribution in [0.25, 0.3) is 0 Å². The van der Waals surface area contributed by atoms with Crippen LogP contribution < -0.4 is 4.74 Å². The topological polar surface area (TPSA) is 232 Å². The van der Waals surface area contributed by atoms with Crippen molar-refractivity contribution < 1.29 is 87.5 Å². The fourth-order valence-electron chi connectivity index (χ4n) is 8.92. The number of hydrogen-bond donors (Lipinski definition) is 6. The summed E-state index contributed by atoms with van der Waals surface area (Å²) >= 11 is 0. The van der Waals surface area contributed by atoms with Gasteiger partial charge in [-0.25, -0.2) is 0 Å². The Kier molecular flexibility index (Phi) is 15.7. The van der Waals surface area contributed by atoms with E-state index in [9.17, 15) is 30.6 Å². The van der Waals surface area contributed by atoms with E-state index in [-0.39, 0.29) is 43.6 Å². The summed E-state index contributed by atoms with van der Waals surface area (Å²) in [6.45, 7) is 10.7. The molecule has 0 aromatic heterocycles. The molecule has 342 valence electrons. The van der Waals surface area contributed by atoms with Gasteiger partial charge in [0.05, 0.1) is 73.2 Å². The van der Waals surface area contributed by atoms with Gasteiger partial charge in [-0.2, -0.15) is 0 Å². The van der Waals surface area contributed by atoms with E-state index >= 15 is 0 Å². The van der Waals surface area contributed by atoms with Crippen LogP contribution >= 0.6 is 0 Å². The Balaban J connectivity index is 0.835. The first-order chi connectivity index (χ1) is 28.6. The number of aliphatic hydroxyl groups is 5. The molecule has 0 saturated carbocycles. The third-order valence-corrected chi connectivity index (χ3v) is 12.5. The lowest BCUT2D eigenvalue weighted by Crippen LogP contribution is -2.56. The number of rotatable bonds is 12. The molecular formula is C42H66O18. The fourth-order valence-corrected chi connectivity index (χ4v) is 8.92. The minimum atomic E-state index is -0.948. The minimum Gasteiger partial charge on any atom is -0.508 e. The van der Waals surface area contributed by atoms with Crippen molar-refractivity contribution in [2.24, 2.45) is 0 Å². The molecule has 18 nitrogen and oxygen atoms in total. The highest BCUT2D eigenvalue weighted by Gasteiger charge is 2.47. The van der Waals surface area contributed by atoms with Crippen molar-refractivity contribution in [2.75, 3.05) is 0 Å². The van der Waals surface area contributed by atoms with E-state index in [0.29, 0.717) is 31.4 Å². The van der Waals surface area contributed by atoms with E-state index in [4.69, 9.17) is 56.8 Å². The van der Waals surface area contributed by atoms with E-state index in [2.05, 4.69) is 0 Å². The lowest BCUT2D eigenvalue weighted by Gasteiger charge is -2.45. The Bertz CT molecular complexity index is 1450. The van der Waals surface area contributed by atoms with Crippen LogP contribution in [0.3, 0.4) is 0 Å². The maximum atomic E-state index is 11.2. The van der Waals surface area contributed by atoms with Crippen LogP contribution in [0.15, 0.2) is 24.3 Å². The van der Waals surface area contributed by atoms with Gasteiger partial charge in [0.15, 0.2) is 31.5 Å². The third-order valence-electron chi connectivity index (χ3n) is 12.5. The molecule has 0 aliphatic carbocycles. The van der Waals surface area contributed by atoms with Gasteiger partial charge < -0.3 is 87.5 Å². The molecule has 6 heterocycles. The molecule has 7 rings (SSSR count). The van der Waals surface area contributed by atoms with E-state index in [1.807, 2.05) is 6.92 Å². The molecule has 6 N–H and O–H groups in total. The summed E-state index contributed by atoms with van der Waals surface area (Å²) in [5, 5.41) is 63.7. The molecule has 0 unspecified atom stereocenters. The normalized spacial score (nSPS) is 48.0. The van der Waals surface area contributed by atoms with Gasteiger partial charge in [0.2, 0.25) is 6.29 Å². The van der Waals surface area contributed by atoms with Gasteiger partial charge in [-0.15, -0.1) is 0 Å². The number of phenols is 1. The zero-order chi connectivity index (χ0) is 42.8. The van der Waals surface area contributed by atoms with Gasteiger partial charge in [0, 0.05) is 38.5 Å². The average Bonchev–Trinajstić information content (AvgIpc) is 3.18. The van der Waals surface area contributed by atoms with Crippen molar-refractivity contribution in [3.05, 3.63) is 24.3 Å². The summed E-state index contributed by atoms with van der Waals surface area (Å²) in [7, 11) is 0. The van der Waals surface area contributed by atoms with Gasteiger partial charge in [-0.3, -0.25) is 0 Å². The summed E-state index contributed by atoms with van der Waals surface area (Å²) in [5.41, 5.74) is 0. The number of phenolic OH excluding ortho intramolecular Hbond substituents is 1. The number of ether oxygens (including phenoxy) is 12. The van der Waals surface area contributed by atoms with Crippen molar-refractivity contribution in [3.8, 4) is 11.5 Å². The zero-order valence-corrected chi connectivity index (χ0v) is 35.3. The molecule has 1 aromatic carbocycles. The average molecular weight is 859 g/mol. The van der Waals surface area contributed by atoms with Crippen molar-refractivity contribution in [3.63, 3.8) is 0 Å². The summed E-state index contributed by atoms with van der Waals surface area (Å²) in [4.78, 5) is 0. The second-order valence-electron chi connectivity index (χ2n) is 17.2. The van der Waals surface area contributed by atoms with E-state index in [1.54, 1.807) is 46.8 Å². The Morgan fingerprint density at radius 3 is 1.42 bits per heavy atom. The monoisotopic (exact) mass is 858 g/mol. The third kappa shape index (κ3) is 11.5. The molecule has 1 aromatic rings. The van der Waals surface area contributed by atoms with Crippen LogP contribution in [-0.2, 0) is 52.1 Å². The van der Waals surface area contributed by atoms with Crippen LogP contribution in [0.1, 0.15) is 92.9 Å². The van der Waals surface area contributed by atoms with Crippen LogP contribution in [0.4, 0.5) is 0 Å². The van der Waals surface area contributed by atoms with E-state index in [1.165, 1.54) is 12.1 Å². The highest BCUT2D eigenvalue weighted by atomic mass is 16.8. The summed E-state index contributed by atoms with van der Waals surface area (Å²) in [6.07, 6.45) is -11.8. The van der Waals surface area contributed by atoms with Crippen LogP contribution in [0.5, 0.6) is 11.5 Å². The van der Waals surface area contributed by atoms with Crippen molar-refractivity contribution in [1.82, 2.24) is 0 Å². The largest absolute Gasteiger partial charge is 0.508 e. The minimum absolute atomic E-state index is 0.109. The first-order valence-corrected chi connectivity index (χ1v) is 21.7. The quantitative estimate of drug-likeness (QED) is 0.177. The molecule has 60 heavy (non-hydrogen) atoms. The second-order valence-corrected chi connectivity index (χ2v) is 17.2. The van der Waals surface area contributed by atoms with Crippen LogP contribution in [0.2, 0.25) is 0 Å². The summed E-state index contributed by atoms with van der Waals surface area (Å²) in [6, 6.07) is 6.26. The van der Waals surface area contributed by atoms with Crippen LogP contribution in [-0.4, -0.2) is 166 Å². The zero-order valence-electron chi connectivity index (χ0n) is 35.3. The van der Waals surface area contributed by atoms with Crippen molar-refractivity contribution in [1.29, 1.82) is 0 Å². The molecule has 0 amide bonds. The van der Waals surface area contributed by atoms with Gasteiger partial charge in [0.25, 0.3) is 0 Å². The van der Waals surface area contributed by atoms with Crippen LogP contribution in [0, 0.1) is 0 Å². The SMILES string of the molecule is C[C@@H]1O[C@@H](O[C@H]2[C@H](O)C[C@H](O[C@@H]3C[C@H](Oc4ccc(O)cc4)O[C@H](C)[C@H]3O)O[C@@H]2C)CC[C@@H]1O[C@H]1C[C@@H](O)[C@H](O[C@H]2C[C@@H](O[C@H]3CC[C@H](O)[C@H](C)O3)[C@H](O)[C@@H](C)O2)[C@@H](C)O1. The molecule has 0 spiro atoms. The second kappa shape index (κ2) is 20.3. The molecule has 6 aliphatic rings. The predicted molar refractivity (Wildman–Crippen MR) is 206 cm³/mol. The van der Waals surface area contributed by atoms with Gasteiger partial charge in [-0.1, -0.05) is 0 Å². The van der Waals surface area contributed by atoms with Gasteiger partial charge in [-0.05, 0) is 78.6 Å². The van der Waals surface area contributed by atoms with Crippen molar-refractivity contribution >= 4 is 0 Å². The number of aliphatic hydroxyl groups excluding tert-OH is 5. The van der Waals surface area contributed by atoms with E-state index in [0.717, 1.165) is 0 Å². The molecule has 6 aliphatic heterocycles. The molecule has 6 fully saturated rings. The highest BCUT2D eigenvalue weighted by molar-refractivity contribution is 5.30. The maximum absolute atomic E-state index is 11.2. The Morgan fingerprint density at radius 2 is 0.850 bits per heavy atom. The van der Waals surface area contributed by atoms with Crippen molar-refractivity contribution in [2.45, 2.75) is 228 Å². The molecule has 22 atom stereocenters. The molecule has 6 saturated heterocycles.